The van der Waals surface area contributed by atoms with Crippen LogP contribution in [0.4, 0.5) is 5.82 Å². The largest absolute Gasteiger partial charge is 0.478 e. The summed E-state index contributed by atoms with van der Waals surface area (Å²) >= 11 is 0. The molecule has 2 aromatic rings. The minimum atomic E-state index is -0.981. The summed E-state index contributed by atoms with van der Waals surface area (Å²) in [5.41, 5.74) is 0.190. The van der Waals surface area contributed by atoms with E-state index < -0.39 is 5.97 Å². The Morgan fingerprint density at radius 1 is 1.44 bits per heavy atom. The van der Waals surface area contributed by atoms with E-state index in [0.717, 1.165) is 0 Å². The van der Waals surface area contributed by atoms with E-state index in [0.29, 0.717) is 18.1 Å². The van der Waals surface area contributed by atoms with Gasteiger partial charge in [0.25, 0.3) is 0 Å². The van der Waals surface area contributed by atoms with Crippen LogP contribution in [0.5, 0.6) is 0 Å². The van der Waals surface area contributed by atoms with E-state index in [4.69, 9.17) is 9.63 Å². The molecule has 6 nitrogen and oxygen atoms in total. The Morgan fingerprint density at radius 2 is 2.31 bits per heavy atom. The Labute approximate surface area is 90.9 Å². The average molecular weight is 219 g/mol. The molecule has 2 rings (SSSR count). The first-order valence-corrected chi connectivity index (χ1v) is 4.58. The second-order valence-electron chi connectivity index (χ2n) is 3.07. The van der Waals surface area contributed by atoms with Gasteiger partial charge < -0.3 is 14.9 Å². The van der Waals surface area contributed by atoms with E-state index in [1.165, 1.54) is 24.5 Å². The number of aromatic nitrogens is 2. The molecule has 0 fully saturated rings. The number of nitrogens with one attached hydrogen (secondary N) is 1. The molecule has 2 aromatic heterocycles. The molecular formula is C10H9N3O3. The number of aromatic carboxylic acids is 1. The lowest BCUT2D eigenvalue weighted by Crippen LogP contribution is -2.03. The van der Waals surface area contributed by atoms with Crippen molar-refractivity contribution in [3.63, 3.8) is 0 Å². The van der Waals surface area contributed by atoms with Crippen LogP contribution < -0.4 is 5.32 Å². The average Bonchev–Trinajstić information content (AvgIpc) is 2.79. The van der Waals surface area contributed by atoms with Gasteiger partial charge in [0.05, 0.1) is 18.3 Å². The molecule has 0 saturated heterocycles. The summed E-state index contributed by atoms with van der Waals surface area (Å²) in [5.74, 6) is 0.156. The highest BCUT2D eigenvalue weighted by Crippen LogP contribution is 2.08. The van der Waals surface area contributed by atoms with Crippen LogP contribution in [-0.4, -0.2) is 21.2 Å². The lowest BCUT2D eigenvalue weighted by Gasteiger charge is -2.03. The number of carboxylic acids is 1. The van der Waals surface area contributed by atoms with Crippen molar-refractivity contribution in [3.8, 4) is 0 Å². The number of carboxylic acid groups (broad SMARTS) is 1. The number of anilines is 1. The smallest absolute Gasteiger partial charge is 0.335 e. The number of hydrogen-bond acceptors (Lipinski definition) is 5. The van der Waals surface area contributed by atoms with E-state index in [1.807, 2.05) is 0 Å². The van der Waals surface area contributed by atoms with Crippen LogP contribution >= 0.6 is 0 Å². The monoisotopic (exact) mass is 219 g/mol. The van der Waals surface area contributed by atoms with Crippen molar-refractivity contribution in [1.29, 1.82) is 0 Å². The zero-order valence-electron chi connectivity index (χ0n) is 8.25. The molecule has 0 bridgehead atoms. The Bertz CT molecular complexity index is 482. The molecule has 0 aliphatic rings. The highest BCUT2D eigenvalue weighted by Gasteiger charge is 2.04. The van der Waals surface area contributed by atoms with E-state index in [1.54, 1.807) is 6.07 Å². The SMILES string of the molecule is O=C(O)c1ccnc(NCc2ccno2)c1. The molecule has 2 heterocycles. The van der Waals surface area contributed by atoms with E-state index >= 15 is 0 Å². The first kappa shape index (κ1) is 10.2. The number of nitrogens with zero attached hydrogens (tertiary/aromatic N) is 2. The van der Waals surface area contributed by atoms with Crippen molar-refractivity contribution in [2.24, 2.45) is 0 Å². The molecule has 0 aliphatic heterocycles. The Morgan fingerprint density at radius 3 is 3.00 bits per heavy atom. The standard InChI is InChI=1S/C10H9N3O3/c14-10(15)7-1-3-11-9(5-7)12-6-8-2-4-13-16-8/h1-5H,6H2,(H,11,12)(H,14,15). The van der Waals surface area contributed by atoms with Crippen molar-refractivity contribution in [2.75, 3.05) is 5.32 Å². The molecule has 2 N–H and O–H groups in total. The quantitative estimate of drug-likeness (QED) is 0.807. The van der Waals surface area contributed by atoms with Crippen LogP contribution in [0.3, 0.4) is 0 Å². The van der Waals surface area contributed by atoms with Crippen molar-refractivity contribution in [2.45, 2.75) is 6.54 Å². The summed E-state index contributed by atoms with van der Waals surface area (Å²) < 4.78 is 4.88. The van der Waals surface area contributed by atoms with E-state index in [9.17, 15) is 4.79 Å². The summed E-state index contributed by atoms with van der Waals surface area (Å²) in [6, 6.07) is 4.61. The fraction of sp³-hybridized carbons (Fsp3) is 0.100. The minimum Gasteiger partial charge on any atom is -0.478 e. The van der Waals surface area contributed by atoms with Gasteiger partial charge in [0.1, 0.15) is 5.82 Å². The van der Waals surface area contributed by atoms with Gasteiger partial charge in [-0.05, 0) is 12.1 Å². The number of hydrogen-bond donors (Lipinski definition) is 2. The number of rotatable bonds is 4. The van der Waals surface area contributed by atoms with Crippen LogP contribution in [0.25, 0.3) is 0 Å². The number of pyridine rings is 1. The van der Waals surface area contributed by atoms with Gasteiger partial charge in [-0.15, -0.1) is 0 Å². The van der Waals surface area contributed by atoms with Gasteiger partial charge in [0.15, 0.2) is 5.76 Å². The zero-order valence-corrected chi connectivity index (χ0v) is 8.25. The molecule has 6 heteroatoms. The third-order valence-corrected chi connectivity index (χ3v) is 1.94. The van der Waals surface area contributed by atoms with Gasteiger partial charge in [-0.3, -0.25) is 0 Å². The molecule has 0 saturated carbocycles. The van der Waals surface area contributed by atoms with Gasteiger partial charge in [-0.25, -0.2) is 9.78 Å². The summed E-state index contributed by atoms with van der Waals surface area (Å²) in [4.78, 5) is 14.7. The van der Waals surface area contributed by atoms with Crippen molar-refractivity contribution < 1.29 is 14.4 Å². The molecular weight excluding hydrogens is 210 g/mol. The van der Waals surface area contributed by atoms with Crippen LogP contribution in [0.2, 0.25) is 0 Å². The van der Waals surface area contributed by atoms with Gasteiger partial charge in [-0.1, -0.05) is 5.16 Å². The maximum absolute atomic E-state index is 10.7. The second-order valence-corrected chi connectivity index (χ2v) is 3.07. The Hall–Kier alpha value is -2.37. The summed E-state index contributed by atoms with van der Waals surface area (Å²) in [5, 5.41) is 15.3. The predicted octanol–water partition coefficient (Wildman–Crippen LogP) is 1.38. The molecule has 0 atom stereocenters. The topological polar surface area (TPSA) is 88.2 Å². The molecule has 82 valence electrons. The number of carbonyl (C=O) groups is 1. The van der Waals surface area contributed by atoms with E-state index in [2.05, 4.69) is 15.5 Å². The minimum absolute atomic E-state index is 0.190. The van der Waals surface area contributed by atoms with Gasteiger partial charge >= 0.3 is 5.97 Å². The Kier molecular flexibility index (Phi) is 2.81. The molecule has 0 amide bonds. The van der Waals surface area contributed by atoms with Crippen LogP contribution in [0.1, 0.15) is 16.1 Å². The van der Waals surface area contributed by atoms with E-state index in [-0.39, 0.29) is 5.56 Å². The molecule has 0 aliphatic carbocycles. The van der Waals surface area contributed by atoms with Crippen LogP contribution in [-0.2, 0) is 6.54 Å². The highest BCUT2D eigenvalue weighted by atomic mass is 16.5. The lowest BCUT2D eigenvalue weighted by molar-refractivity contribution is 0.0697. The molecule has 0 radical (unpaired) electrons. The zero-order chi connectivity index (χ0) is 11.4. The first-order valence-electron chi connectivity index (χ1n) is 4.58. The summed E-state index contributed by atoms with van der Waals surface area (Å²) in [6.45, 7) is 0.413. The third kappa shape index (κ3) is 2.35. The van der Waals surface area contributed by atoms with Gasteiger partial charge in [0.2, 0.25) is 0 Å². The van der Waals surface area contributed by atoms with Crippen molar-refractivity contribution in [3.05, 3.63) is 41.9 Å². The second kappa shape index (κ2) is 4.43. The summed E-state index contributed by atoms with van der Waals surface area (Å²) in [6.07, 6.45) is 2.98. The normalized spacial score (nSPS) is 10.0. The van der Waals surface area contributed by atoms with Crippen molar-refractivity contribution >= 4 is 11.8 Å². The maximum atomic E-state index is 10.7. The molecule has 0 spiro atoms. The van der Waals surface area contributed by atoms with Crippen LogP contribution in [0.15, 0.2) is 35.1 Å². The third-order valence-electron chi connectivity index (χ3n) is 1.94. The predicted molar refractivity (Wildman–Crippen MR) is 55.0 cm³/mol. The fourth-order valence-electron chi connectivity index (χ4n) is 1.17. The first-order chi connectivity index (χ1) is 7.75. The summed E-state index contributed by atoms with van der Waals surface area (Å²) in [7, 11) is 0. The highest BCUT2D eigenvalue weighted by molar-refractivity contribution is 5.88. The molecule has 0 aromatic carbocycles. The van der Waals surface area contributed by atoms with Gasteiger partial charge in [0, 0.05) is 12.3 Å². The van der Waals surface area contributed by atoms with Crippen molar-refractivity contribution in [1.82, 2.24) is 10.1 Å². The van der Waals surface area contributed by atoms with Crippen LogP contribution in [0, 0.1) is 0 Å². The fourth-order valence-corrected chi connectivity index (χ4v) is 1.17. The molecule has 16 heavy (non-hydrogen) atoms. The lowest BCUT2D eigenvalue weighted by atomic mass is 10.2. The van der Waals surface area contributed by atoms with Gasteiger partial charge in [-0.2, -0.15) is 0 Å². The Balaban J connectivity index is 2.04. The molecule has 0 unspecified atom stereocenters. The maximum Gasteiger partial charge on any atom is 0.335 e.